The fourth-order valence-electron chi connectivity index (χ4n) is 1.36. The molecule has 0 aromatic carbocycles. The van der Waals surface area contributed by atoms with E-state index in [2.05, 4.69) is 10.1 Å². The first-order chi connectivity index (χ1) is 6.81. The van der Waals surface area contributed by atoms with Crippen LogP contribution in [0.5, 0.6) is 0 Å². The number of nitrogens with zero attached hydrogens (tertiary/aromatic N) is 3. The van der Waals surface area contributed by atoms with Crippen molar-refractivity contribution in [2.75, 3.05) is 0 Å². The van der Waals surface area contributed by atoms with Crippen LogP contribution in [0.1, 0.15) is 5.69 Å². The van der Waals surface area contributed by atoms with E-state index in [0.717, 1.165) is 17.0 Å². The molecule has 4 heteroatoms. The van der Waals surface area contributed by atoms with Crippen molar-refractivity contribution in [1.82, 2.24) is 14.8 Å². The van der Waals surface area contributed by atoms with Crippen molar-refractivity contribution in [2.24, 2.45) is 12.8 Å². The van der Waals surface area contributed by atoms with Crippen LogP contribution in [0.2, 0.25) is 0 Å². The largest absolute Gasteiger partial charge is 0.325 e. The lowest BCUT2D eigenvalue weighted by Crippen LogP contribution is -2.03. The molecule has 4 nitrogen and oxygen atoms in total. The summed E-state index contributed by atoms with van der Waals surface area (Å²) in [6, 6.07) is 5.86. The summed E-state index contributed by atoms with van der Waals surface area (Å²) >= 11 is 0. The van der Waals surface area contributed by atoms with E-state index in [-0.39, 0.29) is 0 Å². The maximum absolute atomic E-state index is 5.57. The highest BCUT2D eigenvalue weighted by Crippen LogP contribution is 2.16. The number of aryl methyl sites for hydroxylation is 1. The topological polar surface area (TPSA) is 56.7 Å². The smallest absolute Gasteiger partial charge is 0.0927 e. The molecule has 0 aliphatic rings. The predicted molar refractivity (Wildman–Crippen MR) is 54.3 cm³/mol. The average molecular weight is 188 g/mol. The SMILES string of the molecule is Cn1nc(-c2ccncc2)cc1CN. The Hall–Kier alpha value is -1.68. The van der Waals surface area contributed by atoms with Crippen molar-refractivity contribution >= 4 is 0 Å². The third kappa shape index (κ3) is 1.52. The molecule has 72 valence electrons. The van der Waals surface area contributed by atoms with E-state index in [0.29, 0.717) is 6.54 Å². The third-order valence-corrected chi connectivity index (χ3v) is 2.16. The second-order valence-electron chi connectivity index (χ2n) is 3.08. The fraction of sp³-hybridized carbons (Fsp3) is 0.200. The van der Waals surface area contributed by atoms with Gasteiger partial charge in [-0.05, 0) is 18.2 Å². The van der Waals surface area contributed by atoms with Gasteiger partial charge in [-0.3, -0.25) is 9.67 Å². The van der Waals surface area contributed by atoms with Crippen LogP contribution in [-0.2, 0) is 13.6 Å². The van der Waals surface area contributed by atoms with Crippen molar-refractivity contribution in [3.63, 3.8) is 0 Å². The van der Waals surface area contributed by atoms with Crippen molar-refractivity contribution in [3.05, 3.63) is 36.3 Å². The van der Waals surface area contributed by atoms with Gasteiger partial charge in [0.15, 0.2) is 0 Å². The average Bonchev–Trinajstić information content (AvgIpc) is 2.61. The van der Waals surface area contributed by atoms with E-state index in [1.165, 1.54) is 0 Å². The molecular weight excluding hydrogens is 176 g/mol. The van der Waals surface area contributed by atoms with Gasteiger partial charge in [-0.15, -0.1) is 0 Å². The zero-order valence-corrected chi connectivity index (χ0v) is 8.01. The normalized spacial score (nSPS) is 10.4. The Labute approximate surface area is 82.4 Å². The first-order valence-corrected chi connectivity index (χ1v) is 4.44. The molecule has 0 fully saturated rings. The molecule has 0 spiro atoms. The lowest BCUT2D eigenvalue weighted by molar-refractivity contribution is 0.714. The Kier molecular flexibility index (Phi) is 2.28. The number of hydrogen-bond acceptors (Lipinski definition) is 3. The molecule has 2 aromatic heterocycles. The Morgan fingerprint density at radius 3 is 2.64 bits per heavy atom. The highest BCUT2D eigenvalue weighted by molar-refractivity contribution is 5.58. The van der Waals surface area contributed by atoms with Crippen LogP contribution in [0.15, 0.2) is 30.6 Å². The molecule has 0 atom stereocenters. The van der Waals surface area contributed by atoms with Crippen LogP contribution in [0.4, 0.5) is 0 Å². The number of rotatable bonds is 2. The Morgan fingerprint density at radius 2 is 2.07 bits per heavy atom. The predicted octanol–water partition coefficient (Wildman–Crippen LogP) is 0.941. The second kappa shape index (κ2) is 3.59. The molecule has 2 heterocycles. The standard InChI is InChI=1S/C10H12N4/c1-14-9(7-11)6-10(13-14)8-2-4-12-5-3-8/h2-6H,7,11H2,1H3. The lowest BCUT2D eigenvalue weighted by Gasteiger charge is -1.93. The number of hydrogen-bond donors (Lipinski definition) is 1. The van der Waals surface area contributed by atoms with Gasteiger partial charge in [-0.2, -0.15) is 5.10 Å². The molecule has 2 aromatic rings. The summed E-state index contributed by atoms with van der Waals surface area (Å²) in [4.78, 5) is 3.96. The number of aromatic nitrogens is 3. The van der Waals surface area contributed by atoms with Crippen LogP contribution in [-0.4, -0.2) is 14.8 Å². The molecule has 0 unspecified atom stereocenters. The molecule has 0 amide bonds. The molecule has 2 N–H and O–H groups in total. The summed E-state index contributed by atoms with van der Waals surface area (Å²) in [6.07, 6.45) is 3.51. The zero-order chi connectivity index (χ0) is 9.97. The summed E-state index contributed by atoms with van der Waals surface area (Å²) in [6.45, 7) is 0.509. The molecule has 0 aliphatic heterocycles. The highest BCUT2D eigenvalue weighted by Gasteiger charge is 2.04. The maximum atomic E-state index is 5.57. The number of nitrogens with two attached hydrogens (primary N) is 1. The molecule has 0 radical (unpaired) electrons. The summed E-state index contributed by atoms with van der Waals surface area (Å²) in [7, 11) is 1.90. The molecule has 0 bridgehead atoms. The van der Waals surface area contributed by atoms with Gasteiger partial charge in [0.1, 0.15) is 0 Å². The number of pyridine rings is 1. The van der Waals surface area contributed by atoms with Crippen LogP contribution < -0.4 is 5.73 Å². The van der Waals surface area contributed by atoms with Crippen molar-refractivity contribution in [1.29, 1.82) is 0 Å². The van der Waals surface area contributed by atoms with Gasteiger partial charge in [-0.25, -0.2) is 0 Å². The minimum absolute atomic E-state index is 0.509. The first kappa shape index (κ1) is 8.90. The van der Waals surface area contributed by atoms with Gasteiger partial charge in [0.05, 0.1) is 11.4 Å². The first-order valence-electron chi connectivity index (χ1n) is 4.44. The van der Waals surface area contributed by atoms with Gasteiger partial charge < -0.3 is 5.73 Å². The quantitative estimate of drug-likeness (QED) is 0.763. The minimum Gasteiger partial charge on any atom is -0.325 e. The highest BCUT2D eigenvalue weighted by atomic mass is 15.3. The van der Waals surface area contributed by atoms with E-state index in [4.69, 9.17) is 5.73 Å². The van der Waals surface area contributed by atoms with Gasteiger partial charge >= 0.3 is 0 Å². The Morgan fingerprint density at radius 1 is 1.36 bits per heavy atom. The second-order valence-corrected chi connectivity index (χ2v) is 3.08. The summed E-state index contributed by atoms with van der Waals surface area (Å²) in [5.41, 5.74) is 8.60. The Bertz CT molecular complexity index is 419. The summed E-state index contributed by atoms with van der Waals surface area (Å²) in [5, 5.41) is 4.36. The molecule has 0 saturated heterocycles. The fourth-order valence-corrected chi connectivity index (χ4v) is 1.36. The molecule has 0 saturated carbocycles. The van der Waals surface area contributed by atoms with Gasteiger partial charge in [-0.1, -0.05) is 0 Å². The van der Waals surface area contributed by atoms with E-state index >= 15 is 0 Å². The van der Waals surface area contributed by atoms with Gasteiger partial charge in [0.2, 0.25) is 0 Å². The minimum atomic E-state index is 0.509. The van der Waals surface area contributed by atoms with Crippen LogP contribution >= 0.6 is 0 Å². The van der Waals surface area contributed by atoms with Crippen LogP contribution in [0, 0.1) is 0 Å². The zero-order valence-electron chi connectivity index (χ0n) is 8.01. The molecule has 0 aliphatic carbocycles. The lowest BCUT2D eigenvalue weighted by atomic mass is 10.2. The van der Waals surface area contributed by atoms with Crippen molar-refractivity contribution in [3.8, 4) is 11.3 Å². The molecule has 2 rings (SSSR count). The Balaban J connectivity index is 2.43. The third-order valence-electron chi connectivity index (χ3n) is 2.16. The van der Waals surface area contributed by atoms with Crippen molar-refractivity contribution in [2.45, 2.75) is 6.54 Å². The van der Waals surface area contributed by atoms with Gasteiger partial charge in [0.25, 0.3) is 0 Å². The molecule has 14 heavy (non-hydrogen) atoms. The van der Waals surface area contributed by atoms with E-state index in [1.807, 2.05) is 25.2 Å². The summed E-state index contributed by atoms with van der Waals surface area (Å²) < 4.78 is 1.80. The van der Waals surface area contributed by atoms with E-state index in [1.54, 1.807) is 17.1 Å². The molecular formula is C10H12N4. The summed E-state index contributed by atoms with van der Waals surface area (Å²) in [5.74, 6) is 0. The van der Waals surface area contributed by atoms with E-state index < -0.39 is 0 Å². The van der Waals surface area contributed by atoms with Gasteiger partial charge in [0, 0.05) is 31.5 Å². The monoisotopic (exact) mass is 188 g/mol. The van der Waals surface area contributed by atoms with Crippen LogP contribution in [0.3, 0.4) is 0 Å². The van der Waals surface area contributed by atoms with Crippen molar-refractivity contribution < 1.29 is 0 Å². The van der Waals surface area contributed by atoms with E-state index in [9.17, 15) is 0 Å². The maximum Gasteiger partial charge on any atom is 0.0927 e. The van der Waals surface area contributed by atoms with Crippen LogP contribution in [0.25, 0.3) is 11.3 Å².